The van der Waals surface area contributed by atoms with Crippen molar-refractivity contribution < 1.29 is 17.6 Å². The van der Waals surface area contributed by atoms with Crippen molar-refractivity contribution >= 4 is 15.9 Å². The Kier molecular flexibility index (Phi) is 7.19. The third-order valence-electron chi connectivity index (χ3n) is 4.84. The fraction of sp³-hybridized carbons (Fsp3) is 0.273. The van der Waals surface area contributed by atoms with Crippen molar-refractivity contribution in [2.24, 2.45) is 0 Å². The molecule has 0 fully saturated rings. The molecule has 3 rings (SSSR count). The first-order valence-electron chi connectivity index (χ1n) is 9.89. The van der Waals surface area contributed by atoms with Crippen molar-refractivity contribution in [1.82, 2.24) is 19.8 Å². The molecule has 3 aromatic rings. The predicted molar refractivity (Wildman–Crippen MR) is 116 cm³/mol. The van der Waals surface area contributed by atoms with E-state index in [1.807, 2.05) is 36.4 Å². The number of hydrogen-bond acceptors (Lipinski definition) is 4. The standard InChI is InChI=1S/C22H25FN4O3S/c1-16(26-31(29,30)21-13-7-6-12-19(21)23)22(28)27(2)14-8-11-18-15-20(25-24-18)17-9-4-3-5-10-17/h3-7,9-10,12-13,15-16,26H,8,11,14H2,1-2H3,(H,24,25)/t16-/m0/s1. The zero-order valence-corrected chi connectivity index (χ0v) is 18.2. The van der Waals surface area contributed by atoms with Crippen LogP contribution in [0.5, 0.6) is 0 Å². The van der Waals surface area contributed by atoms with Crippen LogP contribution in [0, 0.1) is 5.82 Å². The highest BCUT2D eigenvalue weighted by Gasteiger charge is 2.26. The van der Waals surface area contributed by atoms with Gasteiger partial charge in [0.1, 0.15) is 10.7 Å². The van der Waals surface area contributed by atoms with Gasteiger partial charge in [-0.25, -0.2) is 12.8 Å². The second kappa shape index (κ2) is 9.84. The molecule has 0 aliphatic rings. The minimum atomic E-state index is -4.14. The summed E-state index contributed by atoms with van der Waals surface area (Å²) < 4.78 is 40.8. The molecule has 0 bridgehead atoms. The first-order valence-corrected chi connectivity index (χ1v) is 11.4. The number of nitrogens with zero attached hydrogens (tertiary/aromatic N) is 2. The van der Waals surface area contributed by atoms with Crippen LogP contribution < -0.4 is 4.72 Å². The van der Waals surface area contributed by atoms with E-state index in [1.165, 1.54) is 24.0 Å². The quantitative estimate of drug-likeness (QED) is 0.530. The highest BCUT2D eigenvalue weighted by Crippen LogP contribution is 2.18. The van der Waals surface area contributed by atoms with E-state index >= 15 is 0 Å². The van der Waals surface area contributed by atoms with E-state index in [0.29, 0.717) is 19.4 Å². The minimum absolute atomic E-state index is 0.394. The molecule has 1 heterocycles. The second-order valence-corrected chi connectivity index (χ2v) is 8.96. The topological polar surface area (TPSA) is 95.2 Å². The summed E-state index contributed by atoms with van der Waals surface area (Å²) in [5.74, 6) is -1.26. The zero-order valence-electron chi connectivity index (χ0n) is 17.4. The van der Waals surface area contributed by atoms with Crippen LogP contribution in [0.2, 0.25) is 0 Å². The van der Waals surface area contributed by atoms with Crippen LogP contribution >= 0.6 is 0 Å². The van der Waals surface area contributed by atoms with Gasteiger partial charge < -0.3 is 4.90 Å². The molecule has 1 aromatic heterocycles. The number of aromatic amines is 1. The summed E-state index contributed by atoms with van der Waals surface area (Å²) in [6, 6.07) is 15.8. The van der Waals surface area contributed by atoms with Gasteiger partial charge in [-0.15, -0.1) is 0 Å². The molecule has 164 valence electrons. The number of aryl methyl sites for hydroxylation is 1. The highest BCUT2D eigenvalue weighted by molar-refractivity contribution is 7.89. The van der Waals surface area contributed by atoms with E-state index in [1.54, 1.807) is 7.05 Å². The number of nitrogens with one attached hydrogen (secondary N) is 2. The van der Waals surface area contributed by atoms with Gasteiger partial charge in [0, 0.05) is 24.8 Å². The number of sulfonamides is 1. The molecule has 1 atom stereocenters. The number of amides is 1. The molecule has 0 saturated heterocycles. The Labute approximate surface area is 181 Å². The first kappa shape index (κ1) is 22.6. The third-order valence-corrected chi connectivity index (χ3v) is 6.42. The van der Waals surface area contributed by atoms with Crippen molar-refractivity contribution in [2.45, 2.75) is 30.7 Å². The molecule has 7 nitrogen and oxygen atoms in total. The Balaban J connectivity index is 1.51. The van der Waals surface area contributed by atoms with E-state index in [9.17, 15) is 17.6 Å². The molecule has 31 heavy (non-hydrogen) atoms. The van der Waals surface area contributed by atoms with Crippen LogP contribution in [0.4, 0.5) is 4.39 Å². The number of H-pyrrole nitrogens is 1. The van der Waals surface area contributed by atoms with Crippen LogP contribution in [0.1, 0.15) is 19.0 Å². The maximum absolute atomic E-state index is 13.8. The van der Waals surface area contributed by atoms with E-state index in [-0.39, 0.29) is 0 Å². The number of hydrogen-bond donors (Lipinski definition) is 2. The van der Waals surface area contributed by atoms with Gasteiger partial charge in [0.15, 0.2) is 0 Å². The number of carbonyl (C=O) groups excluding carboxylic acids is 1. The minimum Gasteiger partial charge on any atom is -0.344 e. The SMILES string of the molecule is C[C@H](NS(=O)(=O)c1ccccc1F)C(=O)N(C)CCCc1cc(-c2ccccc2)n[nH]1. The van der Waals surface area contributed by atoms with E-state index < -0.39 is 32.7 Å². The Morgan fingerprint density at radius 1 is 1.16 bits per heavy atom. The van der Waals surface area contributed by atoms with Gasteiger partial charge in [0.25, 0.3) is 0 Å². The van der Waals surface area contributed by atoms with Gasteiger partial charge in [-0.05, 0) is 38.0 Å². The average Bonchev–Trinajstić information content (AvgIpc) is 3.22. The average molecular weight is 445 g/mol. The van der Waals surface area contributed by atoms with Gasteiger partial charge in [-0.1, -0.05) is 42.5 Å². The van der Waals surface area contributed by atoms with E-state index in [0.717, 1.165) is 29.1 Å². The zero-order chi connectivity index (χ0) is 22.4. The monoisotopic (exact) mass is 444 g/mol. The maximum Gasteiger partial charge on any atom is 0.244 e. The fourth-order valence-electron chi connectivity index (χ4n) is 3.20. The van der Waals surface area contributed by atoms with Crippen molar-refractivity contribution in [1.29, 1.82) is 0 Å². The first-order chi connectivity index (χ1) is 14.8. The maximum atomic E-state index is 13.8. The number of rotatable bonds is 9. The van der Waals surface area contributed by atoms with Gasteiger partial charge in [-0.2, -0.15) is 9.82 Å². The molecular formula is C22H25FN4O3S. The van der Waals surface area contributed by atoms with Crippen LogP contribution in [-0.4, -0.2) is 49.1 Å². The van der Waals surface area contributed by atoms with Gasteiger partial charge >= 0.3 is 0 Å². The van der Waals surface area contributed by atoms with Crippen LogP contribution in [-0.2, 0) is 21.2 Å². The molecule has 0 spiro atoms. The molecule has 0 aliphatic heterocycles. The number of carbonyl (C=O) groups is 1. The Morgan fingerprint density at radius 2 is 1.84 bits per heavy atom. The molecule has 1 amide bonds. The lowest BCUT2D eigenvalue weighted by Crippen LogP contribution is -2.45. The Hall–Kier alpha value is -3.04. The molecule has 2 aromatic carbocycles. The summed E-state index contributed by atoms with van der Waals surface area (Å²) >= 11 is 0. The van der Waals surface area contributed by atoms with Crippen LogP contribution in [0.25, 0.3) is 11.3 Å². The summed E-state index contributed by atoms with van der Waals surface area (Å²) in [5.41, 5.74) is 2.83. The van der Waals surface area contributed by atoms with Crippen molar-refractivity contribution in [3.63, 3.8) is 0 Å². The molecule has 0 aliphatic carbocycles. The third kappa shape index (κ3) is 5.77. The number of aromatic nitrogens is 2. The largest absolute Gasteiger partial charge is 0.344 e. The van der Waals surface area contributed by atoms with Crippen LogP contribution in [0.15, 0.2) is 65.6 Å². The number of benzene rings is 2. The number of halogens is 1. The molecule has 0 unspecified atom stereocenters. The molecule has 9 heteroatoms. The Bertz CT molecular complexity index is 1130. The molecular weight excluding hydrogens is 419 g/mol. The molecule has 0 saturated carbocycles. The Morgan fingerprint density at radius 3 is 2.55 bits per heavy atom. The second-order valence-electron chi connectivity index (χ2n) is 7.28. The normalized spacial score (nSPS) is 12.5. The van der Waals surface area contributed by atoms with Gasteiger partial charge in [0.05, 0.1) is 11.7 Å². The summed E-state index contributed by atoms with van der Waals surface area (Å²) in [4.78, 5) is 13.5. The van der Waals surface area contributed by atoms with E-state index in [4.69, 9.17) is 0 Å². The summed E-state index contributed by atoms with van der Waals surface area (Å²) in [6.45, 7) is 1.88. The molecule has 0 radical (unpaired) electrons. The predicted octanol–water partition coefficient (Wildman–Crippen LogP) is 2.97. The smallest absolute Gasteiger partial charge is 0.244 e. The fourth-order valence-corrected chi connectivity index (χ4v) is 4.48. The van der Waals surface area contributed by atoms with Crippen molar-refractivity contribution in [3.05, 3.63) is 72.2 Å². The van der Waals surface area contributed by atoms with Crippen molar-refractivity contribution in [2.75, 3.05) is 13.6 Å². The van der Waals surface area contributed by atoms with Gasteiger partial charge in [-0.3, -0.25) is 9.89 Å². The lowest BCUT2D eigenvalue weighted by Gasteiger charge is -2.22. The lowest BCUT2D eigenvalue weighted by atomic mass is 10.1. The highest BCUT2D eigenvalue weighted by atomic mass is 32.2. The molecule has 2 N–H and O–H groups in total. The van der Waals surface area contributed by atoms with Crippen LogP contribution in [0.3, 0.4) is 0 Å². The summed E-state index contributed by atoms with van der Waals surface area (Å²) in [7, 11) is -2.53. The number of likely N-dealkylation sites (N-methyl/N-ethyl adjacent to an activating group) is 1. The summed E-state index contributed by atoms with van der Waals surface area (Å²) in [6.07, 6.45) is 1.36. The van der Waals surface area contributed by atoms with Gasteiger partial charge in [0.2, 0.25) is 15.9 Å². The van der Waals surface area contributed by atoms with E-state index in [2.05, 4.69) is 14.9 Å². The van der Waals surface area contributed by atoms with Crippen molar-refractivity contribution in [3.8, 4) is 11.3 Å². The summed E-state index contributed by atoms with van der Waals surface area (Å²) in [5, 5.41) is 7.31. The lowest BCUT2D eigenvalue weighted by molar-refractivity contribution is -0.131.